The molecule has 0 spiro atoms. The Morgan fingerprint density at radius 1 is 1.24 bits per heavy atom. The molecule has 9 heteroatoms. The number of carbonyl (C=O) groups excluding carboxylic acids is 2. The van der Waals surface area contributed by atoms with Crippen LogP contribution < -0.4 is 0 Å². The van der Waals surface area contributed by atoms with Gasteiger partial charge < -0.3 is 14.2 Å². The van der Waals surface area contributed by atoms with Crippen molar-refractivity contribution in [2.75, 3.05) is 39.7 Å². The summed E-state index contributed by atoms with van der Waals surface area (Å²) in [5, 5.41) is 0. The second-order valence-electron chi connectivity index (χ2n) is 4.65. The molecule has 122 valence electrons. The molecule has 1 rings (SSSR count). The van der Waals surface area contributed by atoms with Crippen LogP contribution in [-0.4, -0.2) is 70.4 Å². The molecule has 1 heterocycles. The van der Waals surface area contributed by atoms with Crippen LogP contribution in [0.3, 0.4) is 0 Å². The molecular formula is C12H21NO7S. The molecule has 1 saturated heterocycles. The Balaban J connectivity index is 2.73. The highest BCUT2D eigenvalue weighted by Crippen LogP contribution is 2.16. The lowest BCUT2D eigenvalue weighted by molar-refractivity contribution is -0.140. The first-order valence-corrected chi connectivity index (χ1v) is 8.23. The van der Waals surface area contributed by atoms with Crippen molar-refractivity contribution in [3.05, 3.63) is 0 Å². The Kier molecular flexibility index (Phi) is 7.06. The summed E-state index contributed by atoms with van der Waals surface area (Å²) in [4.78, 5) is 22.4. The Morgan fingerprint density at radius 3 is 2.43 bits per heavy atom. The van der Waals surface area contributed by atoms with E-state index < -0.39 is 27.7 Å². The molecule has 0 radical (unpaired) electrons. The summed E-state index contributed by atoms with van der Waals surface area (Å²) in [6.07, 6.45) is 1.33. The topological polar surface area (TPSA) is 99.2 Å². The van der Waals surface area contributed by atoms with Gasteiger partial charge in [0.25, 0.3) is 0 Å². The van der Waals surface area contributed by atoms with Gasteiger partial charge in [0.05, 0.1) is 26.7 Å². The maximum atomic E-state index is 12.2. The lowest BCUT2D eigenvalue weighted by Gasteiger charge is -2.23. The summed E-state index contributed by atoms with van der Waals surface area (Å²) in [6.45, 7) is 0.661. The van der Waals surface area contributed by atoms with Gasteiger partial charge in [0, 0.05) is 19.7 Å². The van der Waals surface area contributed by atoms with E-state index in [4.69, 9.17) is 4.74 Å². The second-order valence-corrected chi connectivity index (χ2v) is 6.62. The van der Waals surface area contributed by atoms with Crippen LogP contribution in [0.1, 0.15) is 19.3 Å². The van der Waals surface area contributed by atoms with Gasteiger partial charge in [-0.15, -0.1) is 0 Å². The average Bonchev–Trinajstić information content (AvgIpc) is 2.95. The number of sulfonamides is 1. The SMILES string of the molecule is COC(=O)CCN(CC1CCCO1)S(=O)(=O)CC(=O)OC. The second kappa shape index (κ2) is 8.30. The molecule has 0 aliphatic carbocycles. The minimum atomic E-state index is -3.85. The Morgan fingerprint density at radius 2 is 1.90 bits per heavy atom. The van der Waals surface area contributed by atoms with E-state index >= 15 is 0 Å². The molecule has 0 aromatic heterocycles. The first kappa shape index (κ1) is 17.9. The van der Waals surface area contributed by atoms with Crippen LogP contribution in [0.15, 0.2) is 0 Å². The van der Waals surface area contributed by atoms with E-state index in [0.717, 1.165) is 24.3 Å². The molecule has 0 aromatic carbocycles. The van der Waals surface area contributed by atoms with Gasteiger partial charge in [0.15, 0.2) is 5.75 Å². The average molecular weight is 323 g/mol. The van der Waals surface area contributed by atoms with Crippen LogP contribution in [-0.2, 0) is 33.8 Å². The van der Waals surface area contributed by atoms with Crippen LogP contribution in [0, 0.1) is 0 Å². The lowest BCUT2D eigenvalue weighted by atomic mass is 10.2. The van der Waals surface area contributed by atoms with Crippen molar-refractivity contribution in [2.45, 2.75) is 25.4 Å². The molecule has 0 saturated carbocycles. The number of hydrogen-bond donors (Lipinski definition) is 0. The van der Waals surface area contributed by atoms with Crippen molar-refractivity contribution < 1.29 is 32.2 Å². The highest BCUT2D eigenvalue weighted by atomic mass is 32.2. The molecule has 0 aromatic rings. The molecular weight excluding hydrogens is 302 g/mol. The van der Waals surface area contributed by atoms with Crippen molar-refractivity contribution in [3.63, 3.8) is 0 Å². The Bertz CT molecular complexity index is 456. The number of methoxy groups -OCH3 is 2. The fraction of sp³-hybridized carbons (Fsp3) is 0.833. The molecule has 1 atom stereocenters. The molecule has 8 nitrogen and oxygen atoms in total. The van der Waals surface area contributed by atoms with Crippen LogP contribution >= 0.6 is 0 Å². The summed E-state index contributed by atoms with van der Waals surface area (Å²) in [6, 6.07) is 0. The van der Waals surface area contributed by atoms with Gasteiger partial charge in [-0.05, 0) is 12.8 Å². The van der Waals surface area contributed by atoms with Gasteiger partial charge in [0.2, 0.25) is 10.0 Å². The van der Waals surface area contributed by atoms with E-state index in [9.17, 15) is 18.0 Å². The minimum Gasteiger partial charge on any atom is -0.469 e. The zero-order chi connectivity index (χ0) is 15.9. The Hall–Kier alpha value is -1.19. The van der Waals surface area contributed by atoms with E-state index in [0.29, 0.717) is 6.61 Å². The number of nitrogens with zero attached hydrogens (tertiary/aromatic N) is 1. The monoisotopic (exact) mass is 323 g/mol. The molecule has 1 unspecified atom stereocenters. The third kappa shape index (κ3) is 5.98. The van der Waals surface area contributed by atoms with Gasteiger partial charge in [-0.3, -0.25) is 9.59 Å². The van der Waals surface area contributed by atoms with Gasteiger partial charge in [-0.25, -0.2) is 8.42 Å². The van der Waals surface area contributed by atoms with Crippen LogP contribution in [0.5, 0.6) is 0 Å². The third-order valence-electron chi connectivity index (χ3n) is 3.15. The fourth-order valence-electron chi connectivity index (χ4n) is 1.98. The number of carbonyl (C=O) groups is 2. The van der Waals surface area contributed by atoms with Crippen molar-refractivity contribution in [1.82, 2.24) is 4.31 Å². The van der Waals surface area contributed by atoms with E-state index in [1.807, 2.05) is 0 Å². The summed E-state index contributed by atoms with van der Waals surface area (Å²) in [5.41, 5.74) is 0. The first-order valence-electron chi connectivity index (χ1n) is 6.62. The van der Waals surface area contributed by atoms with Crippen LogP contribution in [0.25, 0.3) is 0 Å². The zero-order valence-electron chi connectivity index (χ0n) is 12.2. The van der Waals surface area contributed by atoms with Gasteiger partial charge >= 0.3 is 11.9 Å². The van der Waals surface area contributed by atoms with Gasteiger partial charge in [-0.2, -0.15) is 4.31 Å². The summed E-state index contributed by atoms with van der Waals surface area (Å²) >= 11 is 0. The quantitative estimate of drug-likeness (QED) is 0.557. The van der Waals surface area contributed by atoms with E-state index in [1.165, 1.54) is 7.11 Å². The highest BCUT2D eigenvalue weighted by molar-refractivity contribution is 7.89. The largest absolute Gasteiger partial charge is 0.469 e. The van der Waals surface area contributed by atoms with Crippen molar-refractivity contribution in [3.8, 4) is 0 Å². The zero-order valence-corrected chi connectivity index (χ0v) is 13.1. The molecule has 21 heavy (non-hydrogen) atoms. The van der Waals surface area contributed by atoms with Gasteiger partial charge in [0.1, 0.15) is 0 Å². The van der Waals surface area contributed by atoms with Crippen LogP contribution in [0.2, 0.25) is 0 Å². The minimum absolute atomic E-state index is 0.0497. The predicted octanol–water partition coefficient (Wildman–Crippen LogP) is -0.467. The Labute approximate surface area is 124 Å². The molecule has 1 aliphatic heterocycles. The lowest BCUT2D eigenvalue weighted by Crippen LogP contribution is -2.41. The highest BCUT2D eigenvalue weighted by Gasteiger charge is 2.30. The summed E-state index contributed by atoms with van der Waals surface area (Å²) < 4.78 is 39.8. The predicted molar refractivity (Wildman–Crippen MR) is 73.0 cm³/mol. The maximum absolute atomic E-state index is 12.2. The molecule has 1 fully saturated rings. The number of esters is 2. The summed E-state index contributed by atoms with van der Waals surface area (Å²) in [5.74, 6) is -2.11. The number of rotatable bonds is 8. The van der Waals surface area contributed by atoms with Crippen molar-refractivity contribution in [2.24, 2.45) is 0 Å². The van der Waals surface area contributed by atoms with Crippen molar-refractivity contribution >= 4 is 22.0 Å². The molecule has 0 amide bonds. The third-order valence-corrected chi connectivity index (χ3v) is 4.86. The van der Waals surface area contributed by atoms with E-state index in [-0.39, 0.29) is 25.6 Å². The first-order chi connectivity index (χ1) is 9.89. The van der Waals surface area contributed by atoms with Gasteiger partial charge in [-0.1, -0.05) is 0 Å². The summed E-state index contributed by atoms with van der Waals surface area (Å²) in [7, 11) is -1.50. The van der Waals surface area contributed by atoms with E-state index in [1.54, 1.807) is 0 Å². The van der Waals surface area contributed by atoms with E-state index in [2.05, 4.69) is 9.47 Å². The standard InChI is InChI=1S/C12H21NO7S/c1-18-11(14)5-6-13(8-10-4-3-7-20-10)21(16,17)9-12(15)19-2/h10H,3-9H2,1-2H3. The number of hydrogen-bond acceptors (Lipinski definition) is 7. The molecule has 1 aliphatic rings. The van der Waals surface area contributed by atoms with Crippen molar-refractivity contribution in [1.29, 1.82) is 0 Å². The molecule has 0 bridgehead atoms. The smallest absolute Gasteiger partial charge is 0.322 e. The maximum Gasteiger partial charge on any atom is 0.322 e. The number of ether oxygens (including phenoxy) is 3. The van der Waals surface area contributed by atoms with Crippen LogP contribution in [0.4, 0.5) is 0 Å². The fourth-order valence-corrected chi connectivity index (χ4v) is 3.34. The normalized spacial score (nSPS) is 18.7. The molecule has 0 N–H and O–H groups in total.